The smallest absolute Gasteiger partial charge is 0.363 e. The summed E-state index contributed by atoms with van der Waals surface area (Å²) in [5.74, 6) is 1.55. The predicted octanol–water partition coefficient (Wildman–Crippen LogP) is 3.07. The number of aliphatic imine (C=N–C) groups is 1. The number of carbonyl (C=O) groups is 1. The standard InChI is InChI=1S/C20H19NO6/c1-23-15-8-6-5-7-12(15)9-14-20(22)27-19(21-14)13-10-16(24-2)18(26-4)17(11-13)25-3/h5-11H,1-4H3. The van der Waals surface area contributed by atoms with Crippen LogP contribution in [0.2, 0.25) is 0 Å². The van der Waals surface area contributed by atoms with Crippen LogP contribution < -0.4 is 18.9 Å². The lowest BCUT2D eigenvalue weighted by Gasteiger charge is -2.13. The second-order valence-corrected chi connectivity index (χ2v) is 5.49. The number of hydrogen-bond acceptors (Lipinski definition) is 7. The molecule has 0 amide bonds. The summed E-state index contributed by atoms with van der Waals surface area (Å²) in [5.41, 5.74) is 1.42. The first-order chi connectivity index (χ1) is 13.1. The summed E-state index contributed by atoms with van der Waals surface area (Å²) in [6.07, 6.45) is 1.62. The second kappa shape index (κ2) is 7.82. The fourth-order valence-corrected chi connectivity index (χ4v) is 2.67. The van der Waals surface area contributed by atoms with Gasteiger partial charge in [0, 0.05) is 11.1 Å². The van der Waals surface area contributed by atoms with E-state index >= 15 is 0 Å². The number of methoxy groups -OCH3 is 4. The average molecular weight is 369 g/mol. The predicted molar refractivity (Wildman–Crippen MR) is 99.7 cm³/mol. The number of carbonyl (C=O) groups excluding carboxylic acids is 1. The van der Waals surface area contributed by atoms with Crippen molar-refractivity contribution in [1.29, 1.82) is 0 Å². The normalized spacial score (nSPS) is 14.6. The van der Waals surface area contributed by atoms with Crippen molar-refractivity contribution in [3.63, 3.8) is 0 Å². The van der Waals surface area contributed by atoms with Crippen LogP contribution in [-0.2, 0) is 9.53 Å². The van der Waals surface area contributed by atoms with Crippen molar-refractivity contribution in [1.82, 2.24) is 0 Å². The largest absolute Gasteiger partial charge is 0.496 e. The highest BCUT2D eigenvalue weighted by atomic mass is 16.6. The summed E-state index contributed by atoms with van der Waals surface area (Å²) in [6, 6.07) is 10.7. The van der Waals surface area contributed by atoms with Gasteiger partial charge >= 0.3 is 5.97 Å². The molecule has 0 saturated carbocycles. The molecule has 2 aromatic carbocycles. The van der Waals surface area contributed by atoms with E-state index in [1.54, 1.807) is 31.4 Å². The van der Waals surface area contributed by atoms with Crippen LogP contribution in [0.5, 0.6) is 23.0 Å². The molecule has 0 spiro atoms. The summed E-state index contributed by atoms with van der Waals surface area (Å²) in [6.45, 7) is 0. The number of ether oxygens (including phenoxy) is 5. The van der Waals surface area contributed by atoms with Crippen LogP contribution in [0.3, 0.4) is 0 Å². The Morgan fingerprint density at radius 2 is 1.52 bits per heavy atom. The van der Waals surface area contributed by atoms with Crippen molar-refractivity contribution in [3.05, 3.63) is 53.2 Å². The SMILES string of the molecule is COc1ccccc1C=C1N=C(c2cc(OC)c(OC)c(OC)c2)OC1=O. The average Bonchev–Trinajstić information content (AvgIpc) is 3.07. The van der Waals surface area contributed by atoms with Gasteiger partial charge in [-0.2, -0.15) is 0 Å². The highest BCUT2D eigenvalue weighted by molar-refractivity contribution is 6.13. The van der Waals surface area contributed by atoms with Crippen molar-refractivity contribution < 1.29 is 28.5 Å². The van der Waals surface area contributed by atoms with E-state index in [1.807, 2.05) is 18.2 Å². The second-order valence-electron chi connectivity index (χ2n) is 5.49. The van der Waals surface area contributed by atoms with Gasteiger partial charge in [0.25, 0.3) is 0 Å². The molecule has 0 aliphatic carbocycles. The zero-order chi connectivity index (χ0) is 19.4. The minimum atomic E-state index is -0.551. The highest BCUT2D eigenvalue weighted by Crippen LogP contribution is 2.39. The first-order valence-electron chi connectivity index (χ1n) is 8.07. The number of cyclic esters (lactones) is 1. The van der Waals surface area contributed by atoms with E-state index in [-0.39, 0.29) is 11.6 Å². The molecule has 140 valence electrons. The molecule has 0 unspecified atom stereocenters. The van der Waals surface area contributed by atoms with E-state index in [0.717, 1.165) is 5.56 Å². The third-order valence-corrected chi connectivity index (χ3v) is 3.96. The maximum absolute atomic E-state index is 12.3. The molecule has 3 rings (SSSR count). The van der Waals surface area contributed by atoms with Crippen LogP contribution in [0.15, 0.2) is 47.1 Å². The molecule has 0 N–H and O–H groups in total. The van der Waals surface area contributed by atoms with Crippen LogP contribution in [-0.4, -0.2) is 40.3 Å². The van der Waals surface area contributed by atoms with Gasteiger partial charge in [0.15, 0.2) is 17.2 Å². The Morgan fingerprint density at radius 3 is 2.11 bits per heavy atom. The summed E-state index contributed by atoms with van der Waals surface area (Å²) in [5, 5.41) is 0. The first-order valence-corrected chi connectivity index (χ1v) is 8.07. The van der Waals surface area contributed by atoms with Gasteiger partial charge in [-0.3, -0.25) is 0 Å². The molecule has 7 heteroatoms. The molecule has 0 bridgehead atoms. The topological polar surface area (TPSA) is 75.6 Å². The van der Waals surface area contributed by atoms with E-state index in [0.29, 0.717) is 28.6 Å². The van der Waals surface area contributed by atoms with Crippen molar-refractivity contribution >= 4 is 17.9 Å². The molecule has 2 aromatic rings. The van der Waals surface area contributed by atoms with Crippen LogP contribution in [0.4, 0.5) is 0 Å². The molecule has 1 heterocycles. The van der Waals surface area contributed by atoms with Gasteiger partial charge < -0.3 is 23.7 Å². The maximum atomic E-state index is 12.3. The van der Waals surface area contributed by atoms with Crippen LogP contribution >= 0.6 is 0 Å². The van der Waals surface area contributed by atoms with Gasteiger partial charge in [0.2, 0.25) is 11.6 Å². The molecule has 0 atom stereocenters. The van der Waals surface area contributed by atoms with E-state index in [1.165, 1.54) is 21.3 Å². The summed E-state index contributed by atoms with van der Waals surface area (Å²) in [7, 11) is 6.10. The summed E-state index contributed by atoms with van der Waals surface area (Å²) < 4.78 is 26.6. The van der Waals surface area contributed by atoms with Gasteiger partial charge in [-0.25, -0.2) is 9.79 Å². The van der Waals surface area contributed by atoms with Gasteiger partial charge in [-0.15, -0.1) is 0 Å². The van der Waals surface area contributed by atoms with E-state index < -0.39 is 5.97 Å². The lowest BCUT2D eigenvalue weighted by Crippen LogP contribution is -2.07. The Kier molecular flexibility index (Phi) is 5.30. The number of nitrogens with zero attached hydrogens (tertiary/aromatic N) is 1. The Balaban J connectivity index is 2.03. The highest BCUT2D eigenvalue weighted by Gasteiger charge is 2.26. The van der Waals surface area contributed by atoms with Crippen LogP contribution in [0, 0.1) is 0 Å². The molecule has 1 aliphatic rings. The molecular formula is C20H19NO6. The number of benzene rings is 2. The summed E-state index contributed by atoms with van der Waals surface area (Å²) in [4.78, 5) is 16.6. The molecule has 0 fully saturated rings. The van der Waals surface area contributed by atoms with Gasteiger partial charge in [0.05, 0.1) is 28.4 Å². The third kappa shape index (κ3) is 3.57. The monoisotopic (exact) mass is 369 g/mol. The lowest BCUT2D eigenvalue weighted by molar-refractivity contribution is -0.129. The molecule has 1 aliphatic heterocycles. The van der Waals surface area contributed by atoms with E-state index in [2.05, 4.69) is 4.99 Å². The van der Waals surface area contributed by atoms with Crippen molar-refractivity contribution in [2.75, 3.05) is 28.4 Å². The Bertz CT molecular complexity index is 907. The Hall–Kier alpha value is -3.48. The molecular weight excluding hydrogens is 350 g/mol. The van der Waals surface area contributed by atoms with E-state index in [9.17, 15) is 4.79 Å². The molecule has 0 radical (unpaired) electrons. The zero-order valence-corrected chi connectivity index (χ0v) is 15.4. The molecule has 0 aromatic heterocycles. The number of rotatable bonds is 6. The van der Waals surface area contributed by atoms with Crippen LogP contribution in [0.25, 0.3) is 6.08 Å². The van der Waals surface area contributed by atoms with E-state index in [4.69, 9.17) is 23.7 Å². The fraction of sp³-hybridized carbons (Fsp3) is 0.200. The summed E-state index contributed by atoms with van der Waals surface area (Å²) >= 11 is 0. The quantitative estimate of drug-likeness (QED) is 0.575. The maximum Gasteiger partial charge on any atom is 0.363 e. The van der Waals surface area contributed by atoms with Crippen molar-refractivity contribution in [2.24, 2.45) is 4.99 Å². The first kappa shape index (κ1) is 18.3. The lowest BCUT2D eigenvalue weighted by atomic mass is 10.1. The zero-order valence-electron chi connectivity index (χ0n) is 15.4. The fourth-order valence-electron chi connectivity index (χ4n) is 2.67. The van der Waals surface area contributed by atoms with Gasteiger partial charge in [-0.1, -0.05) is 18.2 Å². The minimum absolute atomic E-state index is 0.153. The van der Waals surface area contributed by atoms with Crippen molar-refractivity contribution in [2.45, 2.75) is 0 Å². The number of hydrogen-bond donors (Lipinski definition) is 0. The third-order valence-electron chi connectivity index (χ3n) is 3.96. The van der Waals surface area contributed by atoms with Gasteiger partial charge in [-0.05, 0) is 24.3 Å². The van der Waals surface area contributed by atoms with Crippen LogP contribution in [0.1, 0.15) is 11.1 Å². The minimum Gasteiger partial charge on any atom is -0.496 e. The molecule has 7 nitrogen and oxygen atoms in total. The Labute approximate surface area is 156 Å². The Morgan fingerprint density at radius 1 is 0.889 bits per heavy atom. The number of esters is 1. The number of para-hydroxylation sites is 1. The van der Waals surface area contributed by atoms with Gasteiger partial charge in [0.1, 0.15) is 5.75 Å². The van der Waals surface area contributed by atoms with Crippen molar-refractivity contribution in [3.8, 4) is 23.0 Å². The molecule has 0 saturated heterocycles. The molecule has 27 heavy (non-hydrogen) atoms.